The Balaban J connectivity index is 1.92. The zero-order valence-electron chi connectivity index (χ0n) is 13.7. The zero-order valence-corrected chi connectivity index (χ0v) is 13.7. The Morgan fingerprint density at radius 1 is 1.09 bits per heavy atom. The summed E-state index contributed by atoms with van der Waals surface area (Å²) in [6.07, 6.45) is 2.84. The van der Waals surface area contributed by atoms with E-state index in [9.17, 15) is 9.90 Å². The minimum absolute atomic E-state index is 0.191. The van der Waals surface area contributed by atoms with E-state index in [2.05, 4.69) is 15.6 Å². The summed E-state index contributed by atoms with van der Waals surface area (Å²) in [5.41, 5.74) is 2.13. The van der Waals surface area contributed by atoms with Gasteiger partial charge in [-0.1, -0.05) is 20.8 Å². The van der Waals surface area contributed by atoms with E-state index in [1.54, 1.807) is 24.5 Å². The van der Waals surface area contributed by atoms with Crippen LogP contribution < -0.4 is 10.6 Å². The first-order valence-electron chi connectivity index (χ1n) is 7.59. The molecule has 1 aromatic heterocycles. The van der Waals surface area contributed by atoms with Crippen molar-refractivity contribution in [3.8, 4) is 0 Å². The van der Waals surface area contributed by atoms with Crippen LogP contribution in [-0.2, 0) is 0 Å². The van der Waals surface area contributed by atoms with Gasteiger partial charge in [-0.05, 0) is 41.8 Å². The van der Waals surface area contributed by atoms with Crippen molar-refractivity contribution in [2.75, 3.05) is 11.9 Å². The maximum absolute atomic E-state index is 12.1. The molecule has 0 radical (unpaired) electrons. The van der Waals surface area contributed by atoms with Crippen molar-refractivity contribution < 1.29 is 9.90 Å². The Kier molecular flexibility index (Phi) is 5.34. The number of nitrogens with zero attached hydrogens (tertiary/aromatic N) is 1. The van der Waals surface area contributed by atoms with Crippen LogP contribution in [0.2, 0.25) is 0 Å². The van der Waals surface area contributed by atoms with E-state index in [4.69, 9.17) is 0 Å². The maximum atomic E-state index is 12.1. The Bertz CT molecular complexity index is 634. The molecule has 1 heterocycles. The number of carbonyl (C=O) groups excluding carboxylic acids is 1. The monoisotopic (exact) mass is 313 g/mol. The highest BCUT2D eigenvalue weighted by Crippen LogP contribution is 2.19. The van der Waals surface area contributed by atoms with Crippen LogP contribution in [0.3, 0.4) is 0 Å². The fourth-order valence-corrected chi connectivity index (χ4v) is 1.90. The third-order valence-corrected chi connectivity index (χ3v) is 3.57. The molecule has 2 aromatic rings. The lowest BCUT2D eigenvalue weighted by molar-refractivity contribution is 0.0587. The number of hydrogen-bond acceptors (Lipinski definition) is 4. The number of nitrogens with one attached hydrogen (secondary N) is 2. The van der Waals surface area contributed by atoms with Gasteiger partial charge in [0.25, 0.3) is 5.91 Å². The van der Waals surface area contributed by atoms with Gasteiger partial charge in [-0.25, -0.2) is 0 Å². The van der Waals surface area contributed by atoms with Crippen molar-refractivity contribution in [1.29, 1.82) is 0 Å². The van der Waals surface area contributed by atoms with Gasteiger partial charge in [0.15, 0.2) is 0 Å². The number of carbonyl (C=O) groups is 1. The largest absolute Gasteiger partial charge is 0.391 e. The number of hydrogen-bond donors (Lipinski definition) is 3. The lowest BCUT2D eigenvalue weighted by atomic mass is 9.89. The summed E-state index contributed by atoms with van der Waals surface area (Å²) in [6, 6.07) is 10.9. The van der Waals surface area contributed by atoms with Crippen LogP contribution in [-0.4, -0.2) is 28.6 Å². The van der Waals surface area contributed by atoms with E-state index in [-0.39, 0.29) is 17.9 Å². The van der Waals surface area contributed by atoms with Crippen molar-refractivity contribution in [2.45, 2.75) is 26.9 Å². The van der Waals surface area contributed by atoms with Gasteiger partial charge in [0, 0.05) is 35.9 Å². The Labute approximate surface area is 136 Å². The van der Waals surface area contributed by atoms with Crippen LogP contribution in [0.4, 0.5) is 11.4 Å². The maximum Gasteiger partial charge on any atom is 0.251 e. The second kappa shape index (κ2) is 7.24. The van der Waals surface area contributed by atoms with Gasteiger partial charge in [-0.3, -0.25) is 9.78 Å². The molecule has 0 spiro atoms. The molecule has 1 amide bonds. The standard InChI is InChI=1S/C18H23N3O2/c1-18(2,3)16(22)12-20-17(23)13-4-6-14(7-5-13)21-15-8-10-19-11-9-15/h4-11,16,22H,12H2,1-3H3,(H,19,21)(H,20,23). The number of aliphatic hydroxyl groups is 1. The van der Waals surface area contributed by atoms with E-state index in [0.29, 0.717) is 5.56 Å². The molecule has 5 heteroatoms. The highest BCUT2D eigenvalue weighted by Gasteiger charge is 2.22. The smallest absolute Gasteiger partial charge is 0.251 e. The van der Waals surface area contributed by atoms with E-state index in [1.165, 1.54) is 0 Å². The second-order valence-electron chi connectivity index (χ2n) is 6.53. The number of rotatable bonds is 5. The van der Waals surface area contributed by atoms with Gasteiger partial charge in [0.1, 0.15) is 0 Å². The quantitative estimate of drug-likeness (QED) is 0.793. The van der Waals surface area contributed by atoms with Gasteiger partial charge in [0.05, 0.1) is 6.10 Å². The average molecular weight is 313 g/mol. The minimum Gasteiger partial charge on any atom is -0.391 e. The van der Waals surface area contributed by atoms with Crippen LogP contribution in [0.5, 0.6) is 0 Å². The molecule has 2 rings (SSSR count). The van der Waals surface area contributed by atoms with Crippen molar-refractivity contribution in [2.24, 2.45) is 5.41 Å². The van der Waals surface area contributed by atoms with Crippen LogP contribution in [0.1, 0.15) is 31.1 Å². The molecular formula is C18H23N3O2. The summed E-state index contributed by atoms with van der Waals surface area (Å²) < 4.78 is 0. The minimum atomic E-state index is -0.584. The summed E-state index contributed by atoms with van der Waals surface area (Å²) in [4.78, 5) is 16.1. The molecule has 0 saturated carbocycles. The van der Waals surface area contributed by atoms with E-state index in [0.717, 1.165) is 11.4 Å². The third-order valence-electron chi connectivity index (χ3n) is 3.57. The van der Waals surface area contributed by atoms with Crippen LogP contribution in [0.15, 0.2) is 48.8 Å². The fourth-order valence-electron chi connectivity index (χ4n) is 1.90. The molecule has 5 nitrogen and oxygen atoms in total. The average Bonchev–Trinajstić information content (AvgIpc) is 2.53. The molecule has 0 saturated heterocycles. The molecule has 0 aliphatic carbocycles. The molecule has 1 aromatic carbocycles. The first kappa shape index (κ1) is 17.0. The molecule has 0 fully saturated rings. The van der Waals surface area contributed by atoms with Gasteiger partial charge < -0.3 is 15.7 Å². The molecule has 122 valence electrons. The first-order chi connectivity index (χ1) is 10.9. The van der Waals surface area contributed by atoms with Crippen LogP contribution in [0.25, 0.3) is 0 Å². The van der Waals surface area contributed by atoms with Gasteiger partial charge in [-0.2, -0.15) is 0 Å². The number of benzene rings is 1. The lowest BCUT2D eigenvalue weighted by Crippen LogP contribution is -2.39. The number of aliphatic hydroxyl groups excluding tert-OH is 1. The fraction of sp³-hybridized carbons (Fsp3) is 0.333. The summed E-state index contributed by atoms with van der Waals surface area (Å²) in [6.45, 7) is 6.04. The lowest BCUT2D eigenvalue weighted by Gasteiger charge is -2.25. The SMILES string of the molecule is CC(C)(C)C(O)CNC(=O)c1ccc(Nc2ccncc2)cc1. The molecular weight excluding hydrogens is 290 g/mol. The van der Waals surface area contributed by atoms with Crippen molar-refractivity contribution in [1.82, 2.24) is 10.3 Å². The van der Waals surface area contributed by atoms with Crippen LogP contribution in [0, 0.1) is 5.41 Å². The summed E-state index contributed by atoms with van der Waals surface area (Å²) >= 11 is 0. The third kappa shape index (κ3) is 5.07. The van der Waals surface area contributed by atoms with E-state index in [1.807, 2.05) is 45.0 Å². The van der Waals surface area contributed by atoms with Crippen molar-refractivity contribution in [3.05, 3.63) is 54.4 Å². The number of anilines is 2. The second-order valence-corrected chi connectivity index (χ2v) is 6.53. The molecule has 1 unspecified atom stereocenters. The van der Waals surface area contributed by atoms with Crippen molar-refractivity contribution in [3.63, 3.8) is 0 Å². The predicted molar refractivity (Wildman–Crippen MR) is 91.8 cm³/mol. The molecule has 0 aliphatic rings. The van der Waals surface area contributed by atoms with Crippen molar-refractivity contribution >= 4 is 17.3 Å². The highest BCUT2D eigenvalue weighted by molar-refractivity contribution is 5.94. The first-order valence-corrected chi connectivity index (χ1v) is 7.59. The molecule has 0 aliphatic heterocycles. The zero-order chi connectivity index (χ0) is 16.9. The number of pyridine rings is 1. The Hall–Kier alpha value is -2.40. The predicted octanol–water partition coefficient (Wildman–Crippen LogP) is 2.96. The van der Waals surface area contributed by atoms with Gasteiger partial charge in [-0.15, -0.1) is 0 Å². The molecule has 3 N–H and O–H groups in total. The Morgan fingerprint density at radius 3 is 2.22 bits per heavy atom. The van der Waals surface area contributed by atoms with Gasteiger partial charge >= 0.3 is 0 Å². The molecule has 23 heavy (non-hydrogen) atoms. The van der Waals surface area contributed by atoms with E-state index >= 15 is 0 Å². The number of amides is 1. The Morgan fingerprint density at radius 2 is 1.65 bits per heavy atom. The summed E-state index contributed by atoms with van der Waals surface area (Å²) in [5, 5.41) is 15.9. The van der Waals surface area contributed by atoms with Gasteiger partial charge in [0.2, 0.25) is 0 Å². The molecule has 1 atom stereocenters. The molecule has 0 bridgehead atoms. The topological polar surface area (TPSA) is 74.2 Å². The summed E-state index contributed by atoms with van der Waals surface area (Å²) in [7, 11) is 0. The highest BCUT2D eigenvalue weighted by atomic mass is 16.3. The van der Waals surface area contributed by atoms with Crippen LogP contribution >= 0.6 is 0 Å². The summed E-state index contributed by atoms with van der Waals surface area (Å²) in [5.74, 6) is -0.191. The van der Waals surface area contributed by atoms with E-state index < -0.39 is 6.10 Å². The number of aromatic nitrogens is 1. The normalized spacial score (nSPS) is 12.5.